The minimum atomic E-state index is -1.04. The molecule has 0 bridgehead atoms. The number of aryl methyl sites for hydroxylation is 2. The average Bonchev–Trinajstić information content (AvgIpc) is 3.28. The van der Waals surface area contributed by atoms with E-state index in [0.717, 1.165) is 10.6 Å². The van der Waals surface area contributed by atoms with Crippen LogP contribution < -0.4 is 14.4 Å². The van der Waals surface area contributed by atoms with Crippen LogP contribution in [0, 0.1) is 19.7 Å². The van der Waals surface area contributed by atoms with Gasteiger partial charge in [0, 0.05) is 16.0 Å². The molecule has 33 heavy (non-hydrogen) atoms. The van der Waals surface area contributed by atoms with Gasteiger partial charge in [0.1, 0.15) is 29.1 Å². The van der Waals surface area contributed by atoms with E-state index in [9.17, 15) is 19.1 Å². The molecule has 4 rings (SSSR count). The van der Waals surface area contributed by atoms with Crippen molar-refractivity contribution < 1.29 is 28.6 Å². The van der Waals surface area contributed by atoms with Gasteiger partial charge < -0.3 is 14.6 Å². The van der Waals surface area contributed by atoms with Crippen LogP contribution in [0.15, 0.2) is 48.0 Å². The maximum atomic E-state index is 13.4. The zero-order valence-corrected chi connectivity index (χ0v) is 19.2. The lowest BCUT2D eigenvalue weighted by molar-refractivity contribution is -0.132. The molecule has 1 aliphatic heterocycles. The lowest BCUT2D eigenvalue weighted by Gasteiger charge is -2.25. The third-order valence-corrected chi connectivity index (χ3v) is 6.59. The number of carbonyl (C=O) groups is 2. The van der Waals surface area contributed by atoms with Crippen molar-refractivity contribution in [2.75, 3.05) is 19.1 Å². The summed E-state index contributed by atoms with van der Waals surface area (Å²) in [7, 11) is 2.96. The summed E-state index contributed by atoms with van der Waals surface area (Å²) in [6, 6.07) is 8.97. The van der Waals surface area contributed by atoms with Crippen LogP contribution in [-0.2, 0) is 9.59 Å². The van der Waals surface area contributed by atoms with E-state index in [2.05, 4.69) is 4.98 Å². The minimum Gasteiger partial charge on any atom is -0.507 e. The third kappa shape index (κ3) is 3.84. The number of benzene rings is 2. The molecule has 7 nitrogen and oxygen atoms in total. The Hall–Kier alpha value is -3.72. The van der Waals surface area contributed by atoms with E-state index in [1.165, 1.54) is 54.7 Å². The summed E-state index contributed by atoms with van der Waals surface area (Å²) in [4.78, 5) is 33.1. The van der Waals surface area contributed by atoms with Crippen LogP contribution in [0.5, 0.6) is 11.5 Å². The number of amides is 1. The monoisotopic (exact) mass is 468 g/mol. The van der Waals surface area contributed by atoms with Gasteiger partial charge >= 0.3 is 5.91 Å². The average molecular weight is 469 g/mol. The topological polar surface area (TPSA) is 89.0 Å². The molecule has 0 aliphatic carbocycles. The predicted molar refractivity (Wildman–Crippen MR) is 122 cm³/mol. The van der Waals surface area contributed by atoms with Crippen LogP contribution in [0.4, 0.5) is 9.52 Å². The quantitative estimate of drug-likeness (QED) is 0.336. The molecule has 1 aliphatic rings. The molecule has 1 atom stereocenters. The van der Waals surface area contributed by atoms with Crippen molar-refractivity contribution in [1.82, 2.24) is 4.98 Å². The molecule has 1 fully saturated rings. The molecule has 2 aromatic carbocycles. The lowest BCUT2D eigenvalue weighted by atomic mass is 9.94. The second kappa shape index (κ2) is 8.67. The number of nitrogens with zero attached hydrogens (tertiary/aromatic N) is 2. The van der Waals surface area contributed by atoms with Crippen LogP contribution >= 0.6 is 11.3 Å². The van der Waals surface area contributed by atoms with Crippen molar-refractivity contribution in [2.45, 2.75) is 19.9 Å². The Morgan fingerprint density at radius 1 is 1.09 bits per heavy atom. The Morgan fingerprint density at radius 3 is 2.36 bits per heavy atom. The van der Waals surface area contributed by atoms with E-state index in [0.29, 0.717) is 22.2 Å². The van der Waals surface area contributed by atoms with Crippen molar-refractivity contribution in [3.8, 4) is 11.5 Å². The maximum Gasteiger partial charge on any atom is 0.301 e. The normalized spacial score (nSPS) is 17.5. The Kier molecular flexibility index (Phi) is 5.90. The van der Waals surface area contributed by atoms with Gasteiger partial charge in [-0.2, -0.15) is 0 Å². The molecule has 170 valence electrons. The van der Waals surface area contributed by atoms with E-state index in [1.54, 1.807) is 18.2 Å². The number of hydrogen-bond donors (Lipinski definition) is 1. The van der Waals surface area contributed by atoms with Gasteiger partial charge in [-0.25, -0.2) is 9.37 Å². The fraction of sp³-hybridized carbons (Fsp3) is 0.208. The molecule has 9 heteroatoms. The molecule has 0 radical (unpaired) electrons. The maximum absolute atomic E-state index is 13.4. The smallest absolute Gasteiger partial charge is 0.301 e. The second-order valence-corrected chi connectivity index (χ2v) is 8.60. The highest BCUT2D eigenvalue weighted by Crippen LogP contribution is 2.46. The SMILES string of the molecule is COc1ccc(OC)c([C@@H]2/C(=C(\O)c3ccc(F)cc3)C(=O)C(=O)N2c2nc(C)c(C)s2)c1. The van der Waals surface area contributed by atoms with Crippen LogP contribution in [0.25, 0.3) is 5.76 Å². The number of Topliss-reactive ketones (excluding diaryl/α,β-unsaturated/α-hetero) is 1. The van der Waals surface area contributed by atoms with Gasteiger partial charge in [0.25, 0.3) is 5.78 Å². The molecule has 3 aromatic rings. The van der Waals surface area contributed by atoms with E-state index < -0.39 is 29.3 Å². The minimum absolute atomic E-state index is 0.149. The Labute approximate surface area is 193 Å². The van der Waals surface area contributed by atoms with Gasteiger partial charge in [-0.15, -0.1) is 11.3 Å². The van der Waals surface area contributed by atoms with Gasteiger partial charge in [-0.05, 0) is 56.3 Å². The number of aliphatic hydroxyl groups excluding tert-OH is 1. The van der Waals surface area contributed by atoms with Gasteiger partial charge in [0.15, 0.2) is 5.13 Å². The van der Waals surface area contributed by atoms with E-state index in [-0.39, 0.29) is 11.1 Å². The first-order valence-corrected chi connectivity index (χ1v) is 10.8. The van der Waals surface area contributed by atoms with Crippen molar-refractivity contribution in [2.24, 2.45) is 0 Å². The number of hydrogen-bond acceptors (Lipinski definition) is 7. The highest BCUT2D eigenvalue weighted by molar-refractivity contribution is 7.16. The molecule has 1 saturated heterocycles. The molecule has 0 saturated carbocycles. The fourth-order valence-electron chi connectivity index (χ4n) is 3.70. The Balaban J connectivity index is 2.01. The molecule has 1 amide bonds. The number of ketones is 1. The summed E-state index contributed by atoms with van der Waals surface area (Å²) in [5.74, 6) is -1.76. The molecular formula is C24H21FN2O5S. The van der Waals surface area contributed by atoms with Gasteiger partial charge in [-0.1, -0.05) is 0 Å². The Morgan fingerprint density at radius 2 is 1.79 bits per heavy atom. The van der Waals surface area contributed by atoms with E-state index in [4.69, 9.17) is 9.47 Å². The number of ether oxygens (including phenoxy) is 2. The van der Waals surface area contributed by atoms with E-state index in [1.807, 2.05) is 13.8 Å². The zero-order chi connectivity index (χ0) is 23.9. The number of rotatable bonds is 5. The van der Waals surface area contributed by atoms with Crippen LogP contribution in [-0.4, -0.2) is 36.0 Å². The third-order valence-electron chi connectivity index (χ3n) is 5.52. The van der Waals surface area contributed by atoms with Crippen LogP contribution in [0.2, 0.25) is 0 Å². The van der Waals surface area contributed by atoms with Crippen LogP contribution in [0.1, 0.15) is 27.7 Å². The molecule has 1 N–H and O–H groups in total. The van der Waals surface area contributed by atoms with Crippen molar-refractivity contribution >= 4 is 33.9 Å². The standard InChI is InChI=1S/C24H21FN2O5S/c1-12-13(2)33-24(26-12)27-20(17-11-16(31-3)9-10-18(17)32-4)19(22(29)23(27)30)21(28)14-5-7-15(25)8-6-14/h5-11,20,28H,1-4H3/b21-19+/t20-/m1/s1. The van der Waals surface area contributed by atoms with Gasteiger partial charge in [0.2, 0.25) is 0 Å². The number of aromatic nitrogens is 1. The highest BCUT2D eigenvalue weighted by Gasteiger charge is 2.49. The van der Waals surface area contributed by atoms with E-state index >= 15 is 0 Å². The number of thiazole rings is 1. The number of methoxy groups -OCH3 is 2. The van der Waals surface area contributed by atoms with Gasteiger partial charge in [-0.3, -0.25) is 14.5 Å². The first-order valence-electron chi connectivity index (χ1n) is 9.99. The number of carbonyl (C=O) groups excluding carboxylic acids is 2. The summed E-state index contributed by atoms with van der Waals surface area (Å²) in [5.41, 5.74) is 1.22. The molecule has 1 aromatic heterocycles. The first kappa shape index (κ1) is 22.5. The summed E-state index contributed by atoms with van der Waals surface area (Å²) in [6.45, 7) is 3.68. The summed E-state index contributed by atoms with van der Waals surface area (Å²) in [6.07, 6.45) is 0. The van der Waals surface area contributed by atoms with Crippen LogP contribution in [0.3, 0.4) is 0 Å². The largest absolute Gasteiger partial charge is 0.507 e. The number of anilines is 1. The highest BCUT2D eigenvalue weighted by atomic mass is 32.1. The van der Waals surface area contributed by atoms with Crippen molar-refractivity contribution in [3.63, 3.8) is 0 Å². The van der Waals surface area contributed by atoms with Crippen molar-refractivity contribution in [3.05, 3.63) is 75.6 Å². The summed E-state index contributed by atoms with van der Waals surface area (Å²) < 4.78 is 24.3. The predicted octanol–water partition coefficient (Wildman–Crippen LogP) is 4.54. The molecule has 0 unspecified atom stereocenters. The molecule has 0 spiro atoms. The first-order chi connectivity index (χ1) is 15.8. The zero-order valence-electron chi connectivity index (χ0n) is 18.4. The summed E-state index contributed by atoms with van der Waals surface area (Å²) in [5, 5.41) is 11.4. The lowest BCUT2D eigenvalue weighted by Crippen LogP contribution is -2.29. The molecular weight excluding hydrogens is 447 g/mol. The number of halogens is 1. The van der Waals surface area contributed by atoms with Crippen molar-refractivity contribution in [1.29, 1.82) is 0 Å². The Bertz CT molecular complexity index is 1260. The second-order valence-electron chi connectivity index (χ2n) is 7.42. The molecule has 2 heterocycles. The summed E-state index contributed by atoms with van der Waals surface area (Å²) >= 11 is 1.27. The number of aliphatic hydroxyl groups is 1. The fourth-order valence-corrected chi connectivity index (χ4v) is 4.64. The van der Waals surface area contributed by atoms with Gasteiger partial charge in [0.05, 0.1) is 25.5 Å².